The number of carbonyl (C=O) groups is 1. The Balaban J connectivity index is 1.22. The van der Waals surface area contributed by atoms with Crippen molar-refractivity contribution < 1.29 is 4.79 Å². The molecule has 0 atom stereocenters. The lowest BCUT2D eigenvalue weighted by atomic mass is 9.53. The quantitative estimate of drug-likeness (QED) is 0.587. The van der Waals surface area contributed by atoms with E-state index in [-0.39, 0.29) is 11.6 Å². The summed E-state index contributed by atoms with van der Waals surface area (Å²) in [6, 6.07) is 7.85. The molecule has 4 saturated carbocycles. The highest BCUT2D eigenvalue weighted by molar-refractivity contribution is 7.99. The van der Waals surface area contributed by atoms with Crippen LogP contribution in [0.4, 0.5) is 4.79 Å². The standard InChI is InChI=1S/C19H25ClN2OS/c20-16-1-3-17(4-2-16)24-6-5-21-18(23)22-19-10-13-7-14(11-19)9-15(8-13)12-19/h1-4,13-15H,5-12H2,(H2,21,22,23). The molecule has 1 aromatic rings. The maximum atomic E-state index is 12.3. The molecule has 0 aromatic heterocycles. The minimum absolute atomic E-state index is 0.0219. The monoisotopic (exact) mass is 364 g/mol. The molecule has 0 spiro atoms. The zero-order chi connectivity index (χ0) is 16.6. The van der Waals surface area contributed by atoms with E-state index >= 15 is 0 Å². The fourth-order valence-electron chi connectivity index (χ4n) is 5.41. The van der Waals surface area contributed by atoms with E-state index in [1.165, 1.54) is 43.4 Å². The highest BCUT2D eigenvalue weighted by Gasteiger charge is 2.51. The summed E-state index contributed by atoms with van der Waals surface area (Å²) in [6.07, 6.45) is 7.81. The lowest BCUT2D eigenvalue weighted by molar-refractivity contribution is -0.0134. The Bertz CT molecular complexity index is 569. The van der Waals surface area contributed by atoms with Gasteiger partial charge >= 0.3 is 6.03 Å². The van der Waals surface area contributed by atoms with Gasteiger partial charge in [-0.25, -0.2) is 4.79 Å². The summed E-state index contributed by atoms with van der Waals surface area (Å²) in [7, 11) is 0. The lowest BCUT2D eigenvalue weighted by Crippen LogP contribution is -2.61. The molecule has 2 N–H and O–H groups in total. The fraction of sp³-hybridized carbons (Fsp3) is 0.632. The number of urea groups is 1. The number of hydrogen-bond donors (Lipinski definition) is 2. The van der Waals surface area contributed by atoms with Crippen molar-refractivity contribution in [3.05, 3.63) is 29.3 Å². The van der Waals surface area contributed by atoms with Crippen LogP contribution in [0, 0.1) is 17.8 Å². The summed E-state index contributed by atoms with van der Waals surface area (Å²) >= 11 is 7.63. The Morgan fingerprint density at radius 2 is 1.67 bits per heavy atom. The molecule has 0 radical (unpaired) electrons. The molecule has 1 aromatic carbocycles. The van der Waals surface area contributed by atoms with Gasteiger partial charge in [0.2, 0.25) is 0 Å². The Hall–Kier alpha value is -0.870. The minimum atomic E-state index is 0.0219. The topological polar surface area (TPSA) is 41.1 Å². The molecule has 4 aliphatic rings. The van der Waals surface area contributed by atoms with Crippen LogP contribution in [0.3, 0.4) is 0 Å². The van der Waals surface area contributed by atoms with Crippen molar-refractivity contribution in [2.45, 2.75) is 49.0 Å². The summed E-state index contributed by atoms with van der Waals surface area (Å²) in [5, 5.41) is 7.15. The van der Waals surface area contributed by atoms with Gasteiger partial charge in [-0.3, -0.25) is 0 Å². The van der Waals surface area contributed by atoms with Crippen LogP contribution in [0.25, 0.3) is 0 Å². The zero-order valence-electron chi connectivity index (χ0n) is 13.9. The molecule has 4 aliphatic carbocycles. The molecule has 2 amide bonds. The summed E-state index contributed by atoms with van der Waals surface area (Å²) in [5.74, 6) is 3.45. The molecule has 0 aliphatic heterocycles. The molecule has 3 nitrogen and oxygen atoms in total. The predicted molar refractivity (Wildman–Crippen MR) is 99.6 cm³/mol. The van der Waals surface area contributed by atoms with Crippen molar-refractivity contribution in [2.24, 2.45) is 17.8 Å². The van der Waals surface area contributed by atoms with Gasteiger partial charge in [-0.05, 0) is 80.5 Å². The predicted octanol–water partition coefficient (Wildman–Crippen LogP) is 4.70. The lowest BCUT2D eigenvalue weighted by Gasteiger charge is -2.56. The van der Waals surface area contributed by atoms with E-state index in [2.05, 4.69) is 10.6 Å². The first-order valence-corrected chi connectivity index (χ1v) is 10.4. The van der Waals surface area contributed by atoms with Crippen LogP contribution in [-0.2, 0) is 0 Å². The fourth-order valence-corrected chi connectivity index (χ4v) is 6.31. The van der Waals surface area contributed by atoms with Crippen LogP contribution < -0.4 is 10.6 Å². The SMILES string of the molecule is O=C(NCCSc1ccc(Cl)cc1)NC12CC3CC(CC(C3)C1)C2. The summed E-state index contributed by atoms with van der Waals surface area (Å²) in [6.45, 7) is 0.686. The number of benzene rings is 1. The molecule has 24 heavy (non-hydrogen) atoms. The average molecular weight is 365 g/mol. The van der Waals surface area contributed by atoms with Gasteiger partial charge in [0.15, 0.2) is 0 Å². The molecule has 0 heterocycles. The van der Waals surface area contributed by atoms with Crippen LogP contribution in [-0.4, -0.2) is 23.9 Å². The maximum Gasteiger partial charge on any atom is 0.315 e. The second kappa shape index (κ2) is 6.80. The second-order valence-corrected chi connectivity index (χ2v) is 9.49. The van der Waals surface area contributed by atoms with Crippen LogP contribution >= 0.6 is 23.4 Å². The smallest absolute Gasteiger partial charge is 0.315 e. The van der Waals surface area contributed by atoms with E-state index in [9.17, 15) is 4.79 Å². The third kappa shape index (κ3) is 3.70. The minimum Gasteiger partial charge on any atom is -0.337 e. The van der Waals surface area contributed by atoms with E-state index < -0.39 is 0 Å². The van der Waals surface area contributed by atoms with E-state index in [0.29, 0.717) is 6.54 Å². The Morgan fingerprint density at radius 1 is 1.08 bits per heavy atom. The number of nitrogens with one attached hydrogen (secondary N) is 2. The van der Waals surface area contributed by atoms with Crippen molar-refractivity contribution in [2.75, 3.05) is 12.3 Å². The molecule has 4 fully saturated rings. The van der Waals surface area contributed by atoms with Crippen LogP contribution in [0.1, 0.15) is 38.5 Å². The molecular formula is C19H25ClN2OS. The van der Waals surface area contributed by atoms with Crippen LogP contribution in [0.5, 0.6) is 0 Å². The maximum absolute atomic E-state index is 12.3. The zero-order valence-corrected chi connectivity index (χ0v) is 15.5. The van der Waals surface area contributed by atoms with Gasteiger partial charge in [0.1, 0.15) is 0 Å². The van der Waals surface area contributed by atoms with E-state index in [1.807, 2.05) is 24.3 Å². The van der Waals surface area contributed by atoms with Gasteiger partial charge < -0.3 is 10.6 Å². The third-order valence-electron chi connectivity index (χ3n) is 5.89. The van der Waals surface area contributed by atoms with Crippen LogP contribution in [0.2, 0.25) is 5.02 Å². The first kappa shape index (κ1) is 16.6. The number of amides is 2. The number of thioether (sulfide) groups is 1. The molecule has 5 rings (SSSR count). The summed E-state index contributed by atoms with van der Waals surface area (Å²) in [5.41, 5.74) is 0.0994. The molecular weight excluding hydrogens is 340 g/mol. The van der Waals surface area contributed by atoms with Gasteiger partial charge in [-0.15, -0.1) is 11.8 Å². The molecule has 0 saturated heterocycles. The van der Waals surface area contributed by atoms with Crippen molar-refractivity contribution in [1.29, 1.82) is 0 Å². The highest BCUT2D eigenvalue weighted by atomic mass is 35.5. The highest BCUT2D eigenvalue weighted by Crippen LogP contribution is 2.55. The van der Waals surface area contributed by atoms with Crippen molar-refractivity contribution in [3.8, 4) is 0 Å². The molecule has 5 heteroatoms. The Morgan fingerprint density at radius 3 is 2.25 bits per heavy atom. The van der Waals surface area contributed by atoms with Gasteiger partial charge in [0, 0.05) is 27.8 Å². The van der Waals surface area contributed by atoms with Gasteiger partial charge in [0.05, 0.1) is 0 Å². The van der Waals surface area contributed by atoms with Crippen LogP contribution in [0.15, 0.2) is 29.2 Å². The first-order valence-electron chi connectivity index (χ1n) is 9.05. The van der Waals surface area contributed by atoms with Crippen molar-refractivity contribution >= 4 is 29.4 Å². The summed E-state index contributed by atoms with van der Waals surface area (Å²) in [4.78, 5) is 13.5. The molecule has 130 valence electrons. The van der Waals surface area contributed by atoms with Crippen molar-refractivity contribution in [1.82, 2.24) is 10.6 Å². The number of halogens is 1. The first-order chi connectivity index (χ1) is 11.6. The average Bonchev–Trinajstić information content (AvgIpc) is 2.51. The Kier molecular flexibility index (Phi) is 4.70. The van der Waals surface area contributed by atoms with Gasteiger partial charge in [-0.2, -0.15) is 0 Å². The largest absolute Gasteiger partial charge is 0.337 e. The van der Waals surface area contributed by atoms with Gasteiger partial charge in [-0.1, -0.05) is 11.6 Å². The Labute approximate surface area is 153 Å². The van der Waals surface area contributed by atoms with E-state index in [0.717, 1.165) is 28.5 Å². The number of carbonyl (C=O) groups excluding carboxylic acids is 1. The third-order valence-corrected chi connectivity index (χ3v) is 7.15. The molecule has 4 bridgehead atoms. The number of rotatable bonds is 5. The van der Waals surface area contributed by atoms with E-state index in [4.69, 9.17) is 11.6 Å². The second-order valence-electron chi connectivity index (χ2n) is 7.88. The van der Waals surface area contributed by atoms with Gasteiger partial charge in [0.25, 0.3) is 0 Å². The molecule has 0 unspecified atom stereocenters. The normalized spacial score (nSPS) is 33.5. The number of hydrogen-bond acceptors (Lipinski definition) is 2. The summed E-state index contributed by atoms with van der Waals surface area (Å²) < 4.78 is 0. The van der Waals surface area contributed by atoms with Crippen molar-refractivity contribution in [3.63, 3.8) is 0 Å². The van der Waals surface area contributed by atoms with E-state index in [1.54, 1.807) is 11.8 Å².